The van der Waals surface area contributed by atoms with Crippen LogP contribution >= 0.6 is 0 Å². The molecule has 2 N–H and O–H groups in total. The zero-order chi connectivity index (χ0) is 36.2. The van der Waals surface area contributed by atoms with Crippen LogP contribution in [0, 0.1) is 28.1 Å². The third-order valence-corrected chi connectivity index (χ3v) is 12.7. The van der Waals surface area contributed by atoms with Gasteiger partial charge in [0, 0.05) is 44.1 Å². The molecule has 0 aromatic heterocycles. The number of hydrogen-bond acceptors (Lipinski definition) is 11. The van der Waals surface area contributed by atoms with Gasteiger partial charge in [0.25, 0.3) is 0 Å². The van der Waals surface area contributed by atoms with E-state index in [1.807, 2.05) is 34.6 Å². The Morgan fingerprint density at radius 2 is 1.62 bits per heavy atom. The first-order valence-corrected chi connectivity index (χ1v) is 17.1. The fourth-order valence-electron chi connectivity index (χ4n) is 9.56. The molecule has 270 valence electrons. The number of aliphatic hydroxyl groups is 1. The second-order valence-corrected chi connectivity index (χ2v) is 16.7. The number of rotatable bonds is 6. The number of fused-ring (bicyclic) bond motifs is 8. The van der Waals surface area contributed by atoms with Crippen LogP contribution < -0.4 is 5.32 Å². The molecular weight excluding hydrogens is 622 g/mol. The van der Waals surface area contributed by atoms with Gasteiger partial charge in [-0.15, -0.1) is 0 Å². The second-order valence-electron chi connectivity index (χ2n) is 16.7. The van der Waals surface area contributed by atoms with Crippen LogP contribution in [0.5, 0.6) is 0 Å². The number of nitrogens with one attached hydrogen (secondary N) is 1. The quantitative estimate of drug-likeness (QED) is 0.240. The smallest absolute Gasteiger partial charge is 0.314 e. The minimum Gasteiger partial charge on any atom is -0.459 e. The summed E-state index contributed by atoms with van der Waals surface area (Å²) < 4.78 is 38.5. The highest BCUT2D eigenvalue weighted by atomic mass is 16.8. The standard InChI is InChI=1S/C36H55NO11/c1-17-14-24-35(16-43-24,46-22(6)40)27-29(44-21(5)39)36(42)15-23(45-30(41)31(7,8)19(3)37-20(4)38)18(2)25(32(36,9)10)26-28(34(17,27)13)48-33(11,12)47-26/h17,19,23-24,26-29,42H,14-16H2,1-13H3,(H,37,38)/t17?,19?,23-,24+,26+,27-,28+,29-,34+,35-,36+/m0/s1. The van der Waals surface area contributed by atoms with Gasteiger partial charge in [0.05, 0.1) is 24.0 Å². The van der Waals surface area contributed by atoms with Gasteiger partial charge in [-0.3, -0.25) is 19.2 Å². The van der Waals surface area contributed by atoms with Crippen LogP contribution in [0.15, 0.2) is 11.1 Å². The van der Waals surface area contributed by atoms with Crippen molar-refractivity contribution in [3.8, 4) is 0 Å². The molecule has 2 heterocycles. The van der Waals surface area contributed by atoms with E-state index in [-0.39, 0.29) is 24.9 Å². The van der Waals surface area contributed by atoms with Gasteiger partial charge >= 0.3 is 17.9 Å². The van der Waals surface area contributed by atoms with Crippen molar-refractivity contribution in [2.24, 2.45) is 28.1 Å². The SMILES string of the molecule is CC(=O)NC(C)C(C)(C)C(=O)O[C@H]1C[C@@]2(O)[C@@H](OC(C)=O)[C@@H]3[C@]4(OC(C)=O)CO[C@@H]4CC(C)[C@@]3(C)[C@@H]3OC(C)(C)O[C@@H]3C(=C1C)C2(C)C. The first-order chi connectivity index (χ1) is 21.9. The Balaban J connectivity index is 1.77. The number of carbonyl (C=O) groups excluding carboxylic acids is 4. The molecule has 2 unspecified atom stereocenters. The maximum absolute atomic E-state index is 13.9. The van der Waals surface area contributed by atoms with Gasteiger partial charge in [0.1, 0.15) is 30.0 Å². The van der Waals surface area contributed by atoms with Crippen molar-refractivity contribution in [3.63, 3.8) is 0 Å². The molecule has 2 saturated carbocycles. The third-order valence-electron chi connectivity index (χ3n) is 12.7. The molecule has 48 heavy (non-hydrogen) atoms. The van der Waals surface area contributed by atoms with E-state index in [1.165, 1.54) is 20.8 Å². The van der Waals surface area contributed by atoms with Crippen LogP contribution in [0.1, 0.15) is 103 Å². The van der Waals surface area contributed by atoms with Crippen LogP contribution in [0.4, 0.5) is 0 Å². The Labute approximate surface area is 283 Å². The second kappa shape index (κ2) is 11.5. The number of carbonyl (C=O) groups is 4. The number of esters is 3. The molecule has 5 rings (SSSR count). The van der Waals surface area contributed by atoms with E-state index in [2.05, 4.69) is 19.2 Å². The fourth-order valence-corrected chi connectivity index (χ4v) is 9.56. The van der Waals surface area contributed by atoms with Crippen molar-refractivity contribution in [3.05, 3.63) is 11.1 Å². The lowest BCUT2D eigenvalue weighted by molar-refractivity contribution is -0.357. The average molecular weight is 678 g/mol. The molecular formula is C36H55NO11. The van der Waals surface area contributed by atoms with E-state index in [0.29, 0.717) is 17.6 Å². The summed E-state index contributed by atoms with van der Waals surface area (Å²) in [5.74, 6) is -3.95. The van der Waals surface area contributed by atoms with Crippen LogP contribution in [0.25, 0.3) is 0 Å². The molecule has 5 aliphatic rings. The van der Waals surface area contributed by atoms with E-state index in [1.54, 1.807) is 20.8 Å². The summed E-state index contributed by atoms with van der Waals surface area (Å²) in [4.78, 5) is 51.7. The first-order valence-electron chi connectivity index (χ1n) is 17.1. The molecule has 3 aliphatic carbocycles. The Kier molecular flexibility index (Phi) is 8.80. The van der Waals surface area contributed by atoms with E-state index in [4.69, 9.17) is 28.4 Å². The molecule has 2 aliphatic heterocycles. The molecule has 0 aromatic rings. The van der Waals surface area contributed by atoms with Crippen molar-refractivity contribution in [2.45, 2.75) is 156 Å². The molecule has 4 fully saturated rings. The molecule has 0 aromatic carbocycles. The lowest BCUT2D eigenvalue weighted by atomic mass is 9.43. The van der Waals surface area contributed by atoms with Gasteiger partial charge < -0.3 is 38.8 Å². The van der Waals surface area contributed by atoms with Crippen LogP contribution in [0.2, 0.25) is 0 Å². The Bertz CT molecular complexity index is 1420. The van der Waals surface area contributed by atoms with Gasteiger partial charge in [-0.25, -0.2) is 0 Å². The maximum atomic E-state index is 13.9. The minimum absolute atomic E-state index is 0.0511. The molecule has 2 bridgehead atoms. The van der Waals surface area contributed by atoms with Crippen LogP contribution in [0.3, 0.4) is 0 Å². The maximum Gasteiger partial charge on any atom is 0.314 e. The number of hydrogen-bond donors (Lipinski definition) is 2. The van der Waals surface area contributed by atoms with Gasteiger partial charge in [0.2, 0.25) is 5.91 Å². The minimum atomic E-state index is -1.86. The van der Waals surface area contributed by atoms with Crippen molar-refractivity contribution in [1.29, 1.82) is 0 Å². The monoisotopic (exact) mass is 677 g/mol. The summed E-state index contributed by atoms with van der Waals surface area (Å²) in [5.41, 5.74) is -4.80. The summed E-state index contributed by atoms with van der Waals surface area (Å²) in [5, 5.41) is 16.2. The van der Waals surface area contributed by atoms with Crippen molar-refractivity contribution < 1.29 is 52.7 Å². The Hall–Kier alpha value is -2.54. The predicted molar refractivity (Wildman–Crippen MR) is 172 cm³/mol. The molecule has 2 saturated heterocycles. The van der Waals surface area contributed by atoms with Crippen molar-refractivity contribution >= 4 is 23.8 Å². The molecule has 12 heteroatoms. The third kappa shape index (κ3) is 5.22. The molecule has 1 amide bonds. The van der Waals surface area contributed by atoms with Gasteiger partial charge in [0.15, 0.2) is 11.4 Å². The topological polar surface area (TPSA) is 156 Å². The molecule has 11 atom stereocenters. The largest absolute Gasteiger partial charge is 0.459 e. The molecule has 0 radical (unpaired) electrons. The average Bonchev–Trinajstić information content (AvgIpc) is 3.25. The van der Waals surface area contributed by atoms with Crippen molar-refractivity contribution in [2.75, 3.05) is 6.61 Å². The van der Waals surface area contributed by atoms with Crippen LogP contribution in [-0.4, -0.2) is 89.1 Å². The zero-order valence-corrected chi connectivity index (χ0v) is 30.8. The van der Waals surface area contributed by atoms with Gasteiger partial charge in [-0.2, -0.15) is 0 Å². The summed E-state index contributed by atoms with van der Waals surface area (Å²) in [6.45, 7) is 22.7. The first kappa shape index (κ1) is 36.7. The fraction of sp³-hybridized carbons (Fsp3) is 0.833. The lowest BCUT2D eigenvalue weighted by Gasteiger charge is -2.69. The van der Waals surface area contributed by atoms with E-state index in [9.17, 15) is 24.3 Å². The van der Waals surface area contributed by atoms with E-state index in [0.717, 1.165) is 0 Å². The van der Waals surface area contributed by atoms with Gasteiger partial charge in [-0.05, 0) is 65.0 Å². The lowest BCUT2D eigenvalue weighted by Crippen LogP contribution is -2.81. The summed E-state index contributed by atoms with van der Waals surface area (Å²) in [7, 11) is 0. The number of ether oxygens (including phenoxy) is 6. The predicted octanol–water partition coefficient (Wildman–Crippen LogP) is 3.75. The number of amides is 1. The normalized spacial score (nSPS) is 41.6. The summed E-state index contributed by atoms with van der Waals surface area (Å²) in [6, 6.07) is -0.557. The van der Waals surface area contributed by atoms with E-state index < -0.39 is 93.6 Å². The molecule has 0 spiro atoms. The molecule has 12 nitrogen and oxygen atoms in total. The Morgan fingerprint density at radius 1 is 1.00 bits per heavy atom. The van der Waals surface area contributed by atoms with Crippen molar-refractivity contribution in [1.82, 2.24) is 5.32 Å². The van der Waals surface area contributed by atoms with Gasteiger partial charge in [-0.1, -0.05) is 27.7 Å². The van der Waals surface area contributed by atoms with E-state index >= 15 is 0 Å². The van der Waals surface area contributed by atoms with Crippen LogP contribution in [-0.2, 0) is 47.6 Å². The summed E-state index contributed by atoms with van der Waals surface area (Å²) in [6.07, 6.45) is -3.61. The highest BCUT2D eigenvalue weighted by molar-refractivity contribution is 5.79. The Morgan fingerprint density at radius 3 is 2.15 bits per heavy atom. The summed E-state index contributed by atoms with van der Waals surface area (Å²) >= 11 is 0. The zero-order valence-electron chi connectivity index (χ0n) is 30.8. The highest BCUT2D eigenvalue weighted by Crippen LogP contribution is 2.68. The highest BCUT2D eigenvalue weighted by Gasteiger charge is 2.78.